The van der Waals surface area contributed by atoms with Crippen molar-refractivity contribution < 1.29 is 9.32 Å². The molecule has 0 amide bonds. The predicted octanol–water partition coefficient (Wildman–Crippen LogP) is 3.12. The number of aromatic nitrogens is 1. The van der Waals surface area contributed by atoms with Gasteiger partial charge in [-0.25, -0.2) is 0 Å². The highest BCUT2D eigenvalue weighted by Crippen LogP contribution is 2.14. The van der Waals surface area contributed by atoms with Crippen LogP contribution in [0.3, 0.4) is 0 Å². The molecule has 82 valence electrons. The van der Waals surface area contributed by atoms with Gasteiger partial charge in [-0.05, 0) is 17.7 Å². The minimum Gasteiger partial charge on any atom is -0.360 e. The maximum atomic E-state index is 11.0. The Kier molecular flexibility index (Phi) is 3.06. The van der Waals surface area contributed by atoms with Crippen LogP contribution in [-0.4, -0.2) is 10.9 Å². The first-order valence-corrected chi connectivity index (χ1v) is 5.24. The molecule has 4 heteroatoms. The van der Waals surface area contributed by atoms with Crippen molar-refractivity contribution in [2.24, 2.45) is 0 Å². The Morgan fingerprint density at radius 3 is 2.62 bits per heavy atom. The normalized spacial score (nSPS) is 10.4. The summed E-state index contributed by atoms with van der Waals surface area (Å²) in [4.78, 5) is 11.0. The summed E-state index contributed by atoms with van der Waals surface area (Å²) < 4.78 is 5.06. The van der Waals surface area contributed by atoms with Gasteiger partial charge in [0.25, 0.3) is 0 Å². The van der Waals surface area contributed by atoms with Crippen LogP contribution in [0.2, 0.25) is 5.02 Å². The number of hydrogen-bond acceptors (Lipinski definition) is 3. The van der Waals surface area contributed by atoms with Gasteiger partial charge in [-0.3, -0.25) is 4.79 Å². The minimum atomic E-state index is -0.0916. The zero-order chi connectivity index (χ0) is 11.5. The largest absolute Gasteiger partial charge is 0.360 e. The maximum absolute atomic E-state index is 11.0. The summed E-state index contributed by atoms with van der Waals surface area (Å²) in [6.07, 6.45) is 0.609. The average Bonchev–Trinajstić information content (AvgIpc) is 2.70. The number of rotatable bonds is 3. The van der Waals surface area contributed by atoms with Crippen molar-refractivity contribution in [1.82, 2.24) is 5.16 Å². The Balaban J connectivity index is 2.14. The number of nitrogens with zero attached hydrogens (tertiary/aromatic N) is 1. The molecular formula is C12H10ClNO2. The van der Waals surface area contributed by atoms with E-state index in [1.165, 1.54) is 6.92 Å². The molecule has 0 bridgehead atoms. The lowest BCUT2D eigenvalue weighted by molar-refractivity contribution is 0.100. The minimum absolute atomic E-state index is 0.0916. The average molecular weight is 236 g/mol. The highest BCUT2D eigenvalue weighted by molar-refractivity contribution is 6.30. The molecule has 0 unspecified atom stereocenters. The van der Waals surface area contributed by atoms with Gasteiger partial charge in [0.05, 0.1) is 0 Å². The van der Waals surface area contributed by atoms with Crippen LogP contribution in [0.1, 0.15) is 28.7 Å². The molecule has 0 radical (unpaired) electrons. The molecule has 0 saturated carbocycles. The fraction of sp³-hybridized carbons (Fsp3) is 0.167. The molecule has 3 nitrogen and oxygen atoms in total. The lowest BCUT2D eigenvalue weighted by atomic mass is 10.1. The Hall–Kier alpha value is -1.61. The number of carbonyl (C=O) groups is 1. The van der Waals surface area contributed by atoms with Crippen LogP contribution in [0.25, 0.3) is 0 Å². The molecule has 0 aliphatic rings. The second kappa shape index (κ2) is 4.49. The first-order chi connectivity index (χ1) is 7.65. The molecule has 0 N–H and O–H groups in total. The van der Waals surface area contributed by atoms with E-state index in [9.17, 15) is 4.79 Å². The van der Waals surface area contributed by atoms with Crippen molar-refractivity contribution in [3.05, 3.63) is 52.4 Å². The molecule has 0 atom stereocenters. The monoisotopic (exact) mass is 235 g/mol. The van der Waals surface area contributed by atoms with E-state index < -0.39 is 0 Å². The third kappa shape index (κ3) is 2.49. The fourth-order valence-corrected chi connectivity index (χ4v) is 1.49. The van der Waals surface area contributed by atoms with E-state index in [4.69, 9.17) is 16.1 Å². The highest BCUT2D eigenvalue weighted by atomic mass is 35.5. The van der Waals surface area contributed by atoms with Gasteiger partial charge in [0.15, 0.2) is 5.78 Å². The number of benzene rings is 1. The van der Waals surface area contributed by atoms with Crippen molar-refractivity contribution >= 4 is 17.4 Å². The van der Waals surface area contributed by atoms with Gasteiger partial charge in [0, 0.05) is 24.4 Å². The SMILES string of the molecule is CC(=O)c1cc(Cc2ccc(Cl)cc2)on1. The molecule has 1 aromatic heterocycles. The maximum Gasteiger partial charge on any atom is 0.181 e. The van der Waals surface area contributed by atoms with Gasteiger partial charge in [-0.2, -0.15) is 0 Å². The van der Waals surface area contributed by atoms with Crippen LogP contribution in [-0.2, 0) is 6.42 Å². The van der Waals surface area contributed by atoms with E-state index in [2.05, 4.69) is 5.16 Å². The van der Waals surface area contributed by atoms with Crippen LogP contribution in [0.5, 0.6) is 0 Å². The number of hydrogen-bond donors (Lipinski definition) is 0. The third-order valence-electron chi connectivity index (χ3n) is 2.21. The molecule has 1 heterocycles. The van der Waals surface area contributed by atoms with E-state index in [1.54, 1.807) is 6.07 Å². The summed E-state index contributed by atoms with van der Waals surface area (Å²) in [7, 11) is 0. The van der Waals surface area contributed by atoms with E-state index in [0.29, 0.717) is 22.9 Å². The number of Topliss-reactive ketones (excluding diaryl/α,β-unsaturated/α-hetero) is 1. The Bertz CT molecular complexity index is 502. The Morgan fingerprint density at radius 1 is 1.38 bits per heavy atom. The van der Waals surface area contributed by atoms with Gasteiger partial charge in [0.1, 0.15) is 11.5 Å². The molecule has 0 aliphatic carbocycles. The van der Waals surface area contributed by atoms with Crippen molar-refractivity contribution in [1.29, 1.82) is 0 Å². The summed E-state index contributed by atoms with van der Waals surface area (Å²) in [5, 5.41) is 4.38. The van der Waals surface area contributed by atoms with Crippen molar-refractivity contribution in [2.45, 2.75) is 13.3 Å². The van der Waals surface area contributed by atoms with Crippen LogP contribution >= 0.6 is 11.6 Å². The molecule has 0 spiro atoms. The van der Waals surface area contributed by atoms with E-state index in [-0.39, 0.29) is 5.78 Å². The van der Waals surface area contributed by atoms with Crippen molar-refractivity contribution in [2.75, 3.05) is 0 Å². The van der Waals surface area contributed by atoms with E-state index in [0.717, 1.165) is 5.56 Å². The molecule has 0 aliphatic heterocycles. The van der Waals surface area contributed by atoms with Gasteiger partial charge in [-0.1, -0.05) is 28.9 Å². The second-order valence-electron chi connectivity index (χ2n) is 3.54. The standard InChI is InChI=1S/C12H10ClNO2/c1-8(15)12-7-11(16-14-12)6-9-2-4-10(13)5-3-9/h2-5,7H,6H2,1H3. The third-order valence-corrected chi connectivity index (χ3v) is 2.46. The molecular weight excluding hydrogens is 226 g/mol. The van der Waals surface area contributed by atoms with E-state index >= 15 is 0 Å². The van der Waals surface area contributed by atoms with Crippen LogP contribution in [0, 0.1) is 0 Å². The number of carbonyl (C=O) groups excluding carboxylic acids is 1. The van der Waals surface area contributed by atoms with E-state index in [1.807, 2.05) is 24.3 Å². The first-order valence-electron chi connectivity index (χ1n) is 4.86. The zero-order valence-electron chi connectivity index (χ0n) is 8.74. The molecule has 16 heavy (non-hydrogen) atoms. The summed E-state index contributed by atoms with van der Waals surface area (Å²) in [6, 6.07) is 9.13. The van der Waals surface area contributed by atoms with Gasteiger partial charge < -0.3 is 4.52 Å². The zero-order valence-corrected chi connectivity index (χ0v) is 9.49. The Morgan fingerprint density at radius 2 is 2.06 bits per heavy atom. The van der Waals surface area contributed by atoms with Crippen LogP contribution in [0.15, 0.2) is 34.9 Å². The summed E-state index contributed by atoms with van der Waals surface area (Å²) >= 11 is 5.78. The number of ketones is 1. The second-order valence-corrected chi connectivity index (χ2v) is 3.97. The summed E-state index contributed by atoms with van der Waals surface area (Å²) in [6.45, 7) is 1.46. The van der Waals surface area contributed by atoms with Gasteiger partial charge in [-0.15, -0.1) is 0 Å². The van der Waals surface area contributed by atoms with Gasteiger partial charge >= 0.3 is 0 Å². The molecule has 2 aromatic rings. The Labute approximate surface area is 98.0 Å². The molecule has 0 fully saturated rings. The van der Waals surface area contributed by atoms with Crippen molar-refractivity contribution in [3.63, 3.8) is 0 Å². The number of halogens is 1. The predicted molar refractivity (Wildman–Crippen MR) is 60.8 cm³/mol. The molecule has 0 saturated heterocycles. The topological polar surface area (TPSA) is 43.1 Å². The quantitative estimate of drug-likeness (QED) is 0.768. The van der Waals surface area contributed by atoms with Crippen molar-refractivity contribution in [3.8, 4) is 0 Å². The molecule has 1 aromatic carbocycles. The summed E-state index contributed by atoms with van der Waals surface area (Å²) in [5.74, 6) is 0.582. The van der Waals surface area contributed by atoms with Crippen LogP contribution < -0.4 is 0 Å². The van der Waals surface area contributed by atoms with Gasteiger partial charge in [0.2, 0.25) is 0 Å². The highest BCUT2D eigenvalue weighted by Gasteiger charge is 2.08. The lowest BCUT2D eigenvalue weighted by Crippen LogP contribution is -1.90. The fourth-order valence-electron chi connectivity index (χ4n) is 1.37. The lowest BCUT2D eigenvalue weighted by Gasteiger charge is -1.96. The molecule has 2 rings (SSSR count). The summed E-state index contributed by atoms with van der Waals surface area (Å²) in [5.41, 5.74) is 1.43. The smallest absolute Gasteiger partial charge is 0.181 e. The first kappa shape index (κ1) is 10.9. The van der Waals surface area contributed by atoms with Crippen LogP contribution in [0.4, 0.5) is 0 Å².